The molecule has 12 aromatic rings. The Labute approximate surface area is 544 Å². The Balaban J connectivity index is 0.000000152. The van der Waals surface area contributed by atoms with E-state index in [1.54, 1.807) is 82.6 Å². The molecule has 462 valence electrons. The van der Waals surface area contributed by atoms with Crippen molar-refractivity contribution in [3.05, 3.63) is 230 Å². The summed E-state index contributed by atoms with van der Waals surface area (Å²) < 4.78 is 0. The molecule has 0 aliphatic heterocycles. The molecular weight excluding hydrogens is 1160 g/mol. The standard InChI is InChI=1S/C21H18B2O3.C15H14B2O3.C13H14B2O3.C11H12B2O3.C8H12B2O3/c1-22(24)20-12-10-16(14-6-2-4-8-18(14)20)17-11-13-21(23(25)26)19-9-5-3-7-15(17)19;1-16(18)14-10-6-2-4-8-12(10)15(17(19)20)13-9-5-3-7-11(13)14;1-14(16)12-6-2-10(3-7-12)11-4-8-13(9-5-11)15(17)18;1-12(14)10-6-7-11(13(15)16)9-5-3-2-4-8(9)10;1-6-5-7(10(12)13)3-4-8(6)9(2)11/h2-13,24-26H,1H3;2-9,18-20H,1H3;2-9,16-18H,1H3;2-7,14-16H,1H3;3-5,11-13H,1-2H3. The van der Waals surface area contributed by atoms with Gasteiger partial charge < -0.3 is 75.4 Å². The first-order chi connectivity index (χ1) is 44.4. The average molecular weight is 1240 g/mol. The Morgan fingerprint density at radius 2 is 0.505 bits per heavy atom. The van der Waals surface area contributed by atoms with Crippen LogP contribution in [0, 0.1) is 6.92 Å². The van der Waals surface area contributed by atoms with Gasteiger partial charge in [-0.3, -0.25) is 0 Å². The predicted molar refractivity (Wildman–Crippen MR) is 392 cm³/mol. The van der Waals surface area contributed by atoms with Gasteiger partial charge in [0.05, 0.1) is 0 Å². The van der Waals surface area contributed by atoms with Crippen LogP contribution in [0.1, 0.15) is 5.56 Å². The molecule has 12 rings (SSSR count). The van der Waals surface area contributed by atoms with Gasteiger partial charge in [0.2, 0.25) is 0 Å². The van der Waals surface area contributed by atoms with Crippen LogP contribution < -0.4 is 54.6 Å². The molecule has 0 radical (unpaired) electrons. The summed E-state index contributed by atoms with van der Waals surface area (Å²) in [7, 11) is -7.43. The monoisotopic (exact) mass is 1240 g/mol. The molecule has 0 aliphatic rings. The number of fused-ring (bicyclic) bond motifs is 5. The van der Waals surface area contributed by atoms with Crippen LogP contribution in [-0.2, 0) is 0 Å². The molecule has 12 aromatic carbocycles. The first-order valence-electron chi connectivity index (χ1n) is 30.4. The molecule has 0 saturated carbocycles. The SMILES string of the molecule is CB(O)c1c2ccccc2c(B(O)O)c2ccccc12.CB(O)c1ccc(-c2ccc(B(O)O)c3ccccc23)c2ccccc12.CB(O)c1ccc(-c2ccc(B(O)O)cc2)cc1.CB(O)c1ccc(B(O)O)c2ccccc12.CB(O)c1ccc(B(O)O)cc1C. The number of rotatable bonds is 12. The third-order valence-electron chi connectivity index (χ3n) is 16.3. The Hall–Kier alpha value is -8.01. The zero-order valence-electron chi connectivity index (χ0n) is 52.3. The van der Waals surface area contributed by atoms with E-state index in [2.05, 4.69) is 6.07 Å². The Morgan fingerprint density at radius 1 is 0.215 bits per heavy atom. The lowest BCUT2D eigenvalue weighted by Gasteiger charge is -2.16. The molecule has 0 atom stereocenters. The minimum absolute atomic E-state index is 0.446. The van der Waals surface area contributed by atoms with Gasteiger partial charge in [-0.1, -0.05) is 264 Å². The van der Waals surface area contributed by atoms with E-state index in [0.29, 0.717) is 27.3 Å². The number of hydrogen-bond acceptors (Lipinski definition) is 15. The highest BCUT2D eigenvalue weighted by molar-refractivity contribution is 6.74. The van der Waals surface area contributed by atoms with E-state index in [-0.39, 0.29) is 0 Å². The van der Waals surface area contributed by atoms with E-state index in [4.69, 9.17) is 20.1 Å². The molecule has 15 nitrogen and oxygen atoms in total. The van der Waals surface area contributed by atoms with Crippen LogP contribution in [0.4, 0.5) is 0 Å². The molecule has 0 heterocycles. The van der Waals surface area contributed by atoms with Gasteiger partial charge in [-0.05, 0) is 138 Å². The molecule has 0 amide bonds. The fourth-order valence-electron chi connectivity index (χ4n) is 11.7. The second-order valence-corrected chi connectivity index (χ2v) is 22.8. The Kier molecular flexibility index (Phi) is 24.5. The zero-order chi connectivity index (χ0) is 67.4. The molecule has 0 saturated heterocycles. The van der Waals surface area contributed by atoms with E-state index in [1.165, 1.54) is 0 Å². The Bertz CT molecular complexity index is 4170. The largest absolute Gasteiger partial charge is 0.489 e. The molecule has 0 spiro atoms. The maximum atomic E-state index is 10.1. The molecule has 0 unspecified atom stereocenters. The second-order valence-electron chi connectivity index (χ2n) is 22.8. The van der Waals surface area contributed by atoms with Gasteiger partial charge in [-0.25, -0.2) is 0 Å². The molecule has 15 N–H and O–H groups in total. The summed E-state index contributed by atoms with van der Waals surface area (Å²) in [5, 5.41) is 150. The van der Waals surface area contributed by atoms with Crippen molar-refractivity contribution in [1.82, 2.24) is 0 Å². The fourth-order valence-corrected chi connectivity index (χ4v) is 11.7. The van der Waals surface area contributed by atoms with Crippen molar-refractivity contribution in [1.29, 1.82) is 0 Å². The van der Waals surface area contributed by atoms with Gasteiger partial charge in [-0.15, -0.1) is 0 Å². The molecule has 93 heavy (non-hydrogen) atoms. The van der Waals surface area contributed by atoms with Gasteiger partial charge in [0.1, 0.15) is 0 Å². The predicted octanol–water partition coefficient (Wildman–Crippen LogP) is 0.343. The Morgan fingerprint density at radius 3 is 0.849 bits per heavy atom. The zero-order valence-corrected chi connectivity index (χ0v) is 52.3. The first kappa shape index (κ1) is 70.8. The summed E-state index contributed by atoms with van der Waals surface area (Å²) >= 11 is 0. The molecule has 25 heteroatoms. The van der Waals surface area contributed by atoms with Crippen LogP contribution in [-0.4, -0.2) is 146 Å². The van der Waals surface area contributed by atoms with Crippen molar-refractivity contribution in [3.63, 3.8) is 0 Å². The smallest absolute Gasteiger partial charge is 0.447 e. The number of benzene rings is 12. The van der Waals surface area contributed by atoms with Crippen LogP contribution in [0.5, 0.6) is 0 Å². The van der Waals surface area contributed by atoms with Crippen LogP contribution in [0.25, 0.3) is 76.1 Å². The quantitative estimate of drug-likeness (QED) is 0.0580. The number of hydrogen-bond donors (Lipinski definition) is 15. The van der Waals surface area contributed by atoms with Gasteiger partial charge in [-0.2, -0.15) is 0 Å². The summed E-state index contributed by atoms with van der Waals surface area (Å²) in [6, 6.07) is 68.8. The van der Waals surface area contributed by atoms with Crippen molar-refractivity contribution in [2.24, 2.45) is 0 Å². The van der Waals surface area contributed by atoms with Crippen LogP contribution in [0.3, 0.4) is 0 Å². The molecule has 0 fully saturated rings. The topological polar surface area (TPSA) is 303 Å². The van der Waals surface area contributed by atoms with E-state index in [1.807, 2.05) is 177 Å². The number of aryl methyl sites for hydroxylation is 1. The van der Waals surface area contributed by atoms with Crippen molar-refractivity contribution < 1.29 is 75.4 Å². The van der Waals surface area contributed by atoms with Crippen molar-refractivity contribution >= 4 is 179 Å². The van der Waals surface area contributed by atoms with Crippen LogP contribution >= 0.6 is 0 Å². The highest BCUT2D eigenvalue weighted by Crippen LogP contribution is 2.33. The lowest BCUT2D eigenvalue weighted by atomic mass is 9.59. The summed E-state index contributed by atoms with van der Waals surface area (Å²) in [5.41, 5.74) is 11.5. The summed E-state index contributed by atoms with van der Waals surface area (Å²) in [6.45, 7) is 7.68. The first-order valence-corrected chi connectivity index (χ1v) is 30.4. The summed E-state index contributed by atoms with van der Waals surface area (Å²) in [6.07, 6.45) is 0. The fraction of sp³-hybridized carbons (Fsp3) is 0.0882. The van der Waals surface area contributed by atoms with E-state index in [9.17, 15) is 55.3 Å². The van der Waals surface area contributed by atoms with Gasteiger partial charge in [0.15, 0.2) is 0 Å². The van der Waals surface area contributed by atoms with Crippen molar-refractivity contribution in [3.8, 4) is 22.3 Å². The maximum absolute atomic E-state index is 10.1. The van der Waals surface area contributed by atoms with E-state index < -0.39 is 70.2 Å². The van der Waals surface area contributed by atoms with Gasteiger partial charge in [0, 0.05) is 0 Å². The molecule has 0 aliphatic carbocycles. The third-order valence-corrected chi connectivity index (χ3v) is 16.3. The lowest BCUT2D eigenvalue weighted by Crippen LogP contribution is -2.36. The average Bonchev–Trinajstić information content (AvgIpc) is 0.759. The maximum Gasteiger partial charge on any atom is 0.489 e. The highest BCUT2D eigenvalue weighted by Gasteiger charge is 2.25. The third kappa shape index (κ3) is 16.9. The van der Waals surface area contributed by atoms with Crippen molar-refractivity contribution in [2.75, 3.05) is 0 Å². The molecular formula is C68H70B10O15. The van der Waals surface area contributed by atoms with E-state index in [0.717, 1.165) is 109 Å². The normalized spacial score (nSPS) is 10.6. The summed E-state index contributed by atoms with van der Waals surface area (Å²) in [5.74, 6) is 0. The van der Waals surface area contributed by atoms with Crippen LogP contribution in [0.15, 0.2) is 224 Å². The van der Waals surface area contributed by atoms with Crippen LogP contribution in [0.2, 0.25) is 34.1 Å². The van der Waals surface area contributed by atoms with Gasteiger partial charge >= 0.3 is 70.2 Å². The lowest BCUT2D eigenvalue weighted by molar-refractivity contribution is 0.424. The summed E-state index contributed by atoms with van der Waals surface area (Å²) in [4.78, 5) is 0. The van der Waals surface area contributed by atoms with E-state index >= 15 is 0 Å². The minimum Gasteiger partial charge on any atom is -0.447 e. The second kappa shape index (κ2) is 32.2. The molecule has 0 bridgehead atoms. The molecule has 0 aromatic heterocycles. The van der Waals surface area contributed by atoms with Gasteiger partial charge in [0.25, 0.3) is 0 Å². The van der Waals surface area contributed by atoms with Crippen molar-refractivity contribution in [2.45, 2.75) is 41.0 Å². The highest BCUT2D eigenvalue weighted by atomic mass is 16.4. The minimum atomic E-state index is -1.55.